The molecule has 0 spiro atoms. The molecule has 0 saturated carbocycles. The number of nitrogens with zero attached hydrogens (tertiary/aromatic N) is 1. The monoisotopic (exact) mass is 402 g/mol. The molecule has 3 rings (SSSR count). The number of nitrogens with one attached hydrogen (secondary N) is 1. The molecule has 6 nitrogen and oxygen atoms in total. The summed E-state index contributed by atoms with van der Waals surface area (Å²) in [5, 5.41) is 15.5. The average Bonchev–Trinajstić information content (AvgIpc) is 3.08. The summed E-state index contributed by atoms with van der Waals surface area (Å²) in [6.07, 6.45) is 0. The van der Waals surface area contributed by atoms with E-state index in [2.05, 4.69) is 10.3 Å². The number of thiazole rings is 1. The summed E-state index contributed by atoms with van der Waals surface area (Å²) < 4.78 is 4.94. The van der Waals surface area contributed by atoms with Crippen LogP contribution in [-0.2, 0) is 9.53 Å². The first-order valence-electron chi connectivity index (χ1n) is 7.90. The van der Waals surface area contributed by atoms with E-state index in [1.54, 1.807) is 29.5 Å². The largest absolute Gasteiger partial charge is 0.507 e. The predicted octanol–water partition coefficient (Wildman–Crippen LogP) is 4.27. The summed E-state index contributed by atoms with van der Waals surface area (Å²) >= 11 is 7.34. The van der Waals surface area contributed by atoms with Crippen LogP contribution in [0.2, 0.25) is 5.02 Å². The number of aryl methyl sites for hydroxylation is 1. The van der Waals surface area contributed by atoms with Gasteiger partial charge in [-0.2, -0.15) is 0 Å². The molecule has 0 atom stereocenters. The van der Waals surface area contributed by atoms with E-state index in [4.69, 9.17) is 16.3 Å². The number of carbonyl (C=O) groups excluding carboxylic acids is 2. The molecule has 0 aliphatic carbocycles. The van der Waals surface area contributed by atoms with Gasteiger partial charge in [0.25, 0.3) is 5.91 Å². The Morgan fingerprint density at radius 1 is 1.26 bits per heavy atom. The zero-order valence-corrected chi connectivity index (χ0v) is 15.8. The predicted molar refractivity (Wildman–Crippen MR) is 104 cm³/mol. The number of esters is 1. The molecule has 8 heteroatoms. The molecule has 2 aromatic carbocycles. The number of rotatable bonds is 5. The first-order valence-corrected chi connectivity index (χ1v) is 9.16. The van der Waals surface area contributed by atoms with Gasteiger partial charge in [-0.05, 0) is 37.3 Å². The van der Waals surface area contributed by atoms with Crippen molar-refractivity contribution in [2.24, 2.45) is 0 Å². The van der Waals surface area contributed by atoms with E-state index < -0.39 is 18.5 Å². The van der Waals surface area contributed by atoms with Crippen LogP contribution in [0, 0.1) is 6.92 Å². The number of ether oxygens (including phenoxy) is 1. The number of amides is 1. The molecule has 0 saturated heterocycles. The lowest BCUT2D eigenvalue weighted by molar-refractivity contribution is -0.119. The highest BCUT2D eigenvalue weighted by Gasteiger charge is 2.15. The highest BCUT2D eigenvalue weighted by atomic mass is 35.5. The van der Waals surface area contributed by atoms with E-state index in [1.807, 2.05) is 18.4 Å². The van der Waals surface area contributed by atoms with Crippen molar-refractivity contribution in [2.75, 3.05) is 11.9 Å². The summed E-state index contributed by atoms with van der Waals surface area (Å²) in [5.41, 5.74) is 2.16. The fourth-order valence-corrected chi connectivity index (χ4v) is 3.12. The van der Waals surface area contributed by atoms with Crippen molar-refractivity contribution in [2.45, 2.75) is 6.92 Å². The third kappa shape index (κ3) is 4.84. The van der Waals surface area contributed by atoms with Crippen LogP contribution in [-0.4, -0.2) is 28.6 Å². The Morgan fingerprint density at radius 3 is 2.81 bits per heavy atom. The molecular weight excluding hydrogens is 388 g/mol. The lowest BCUT2D eigenvalue weighted by atomic mass is 10.1. The standard InChI is InChI=1S/C19H15ClN2O4S/c1-11-21-16(10-27-11)12-3-2-4-14(7-12)22-18(24)9-26-19(25)15-8-13(20)5-6-17(15)23/h2-8,10,23H,9H2,1H3,(H,22,24). The summed E-state index contributed by atoms with van der Waals surface area (Å²) in [6.45, 7) is 1.43. The first kappa shape index (κ1) is 18.9. The van der Waals surface area contributed by atoms with Gasteiger partial charge in [-0.1, -0.05) is 23.7 Å². The van der Waals surface area contributed by atoms with E-state index >= 15 is 0 Å². The number of aromatic hydroxyl groups is 1. The summed E-state index contributed by atoms with van der Waals surface area (Å²) in [4.78, 5) is 28.5. The van der Waals surface area contributed by atoms with E-state index in [1.165, 1.54) is 18.2 Å². The van der Waals surface area contributed by atoms with Gasteiger partial charge in [0, 0.05) is 21.7 Å². The number of phenolic OH excluding ortho intramolecular Hbond substituents is 1. The van der Waals surface area contributed by atoms with Gasteiger partial charge in [0.2, 0.25) is 0 Å². The van der Waals surface area contributed by atoms with Gasteiger partial charge >= 0.3 is 5.97 Å². The van der Waals surface area contributed by atoms with Gasteiger partial charge in [0.05, 0.1) is 10.7 Å². The number of hydrogen-bond donors (Lipinski definition) is 2. The second-order valence-electron chi connectivity index (χ2n) is 5.62. The minimum atomic E-state index is -0.836. The Bertz CT molecular complexity index is 1000. The van der Waals surface area contributed by atoms with Crippen molar-refractivity contribution in [1.82, 2.24) is 4.98 Å². The van der Waals surface area contributed by atoms with E-state index in [-0.39, 0.29) is 16.3 Å². The molecule has 2 N–H and O–H groups in total. The van der Waals surface area contributed by atoms with Gasteiger partial charge < -0.3 is 15.2 Å². The Labute approximate surface area is 164 Å². The number of benzene rings is 2. The van der Waals surface area contributed by atoms with Crippen LogP contribution in [0.5, 0.6) is 5.75 Å². The Hall–Kier alpha value is -2.90. The quantitative estimate of drug-likeness (QED) is 0.622. The molecule has 0 radical (unpaired) electrons. The minimum Gasteiger partial charge on any atom is -0.507 e. The minimum absolute atomic E-state index is 0.101. The number of carbonyl (C=O) groups is 2. The number of hydrogen-bond acceptors (Lipinski definition) is 6. The molecule has 1 aromatic heterocycles. The Kier molecular flexibility index (Phi) is 5.73. The van der Waals surface area contributed by atoms with Crippen LogP contribution in [0.15, 0.2) is 47.8 Å². The zero-order chi connectivity index (χ0) is 19.4. The number of anilines is 1. The summed E-state index contributed by atoms with van der Waals surface area (Å²) in [6, 6.07) is 11.2. The van der Waals surface area contributed by atoms with E-state index in [0.717, 1.165) is 16.3 Å². The molecule has 138 valence electrons. The molecule has 27 heavy (non-hydrogen) atoms. The molecule has 0 unspecified atom stereocenters. The van der Waals surface area contributed by atoms with Gasteiger partial charge in [0.15, 0.2) is 6.61 Å². The molecule has 0 aliphatic rings. The molecule has 0 aliphatic heterocycles. The first-order chi connectivity index (χ1) is 12.9. The van der Waals surface area contributed by atoms with Crippen LogP contribution >= 0.6 is 22.9 Å². The number of halogens is 1. The number of aromatic nitrogens is 1. The van der Waals surface area contributed by atoms with Gasteiger partial charge in [-0.3, -0.25) is 4.79 Å². The molecular formula is C19H15ClN2O4S. The third-order valence-corrected chi connectivity index (χ3v) is 4.58. The van der Waals surface area contributed by atoms with Crippen LogP contribution in [0.1, 0.15) is 15.4 Å². The molecule has 0 fully saturated rings. The van der Waals surface area contributed by atoms with Crippen LogP contribution in [0.25, 0.3) is 11.3 Å². The summed E-state index contributed by atoms with van der Waals surface area (Å²) in [7, 11) is 0. The SMILES string of the molecule is Cc1nc(-c2cccc(NC(=O)COC(=O)c3cc(Cl)ccc3O)c2)cs1. The maximum Gasteiger partial charge on any atom is 0.342 e. The normalized spacial score (nSPS) is 10.4. The van der Waals surface area contributed by atoms with Gasteiger partial charge in [-0.15, -0.1) is 11.3 Å². The number of phenols is 1. The Morgan fingerprint density at radius 2 is 2.07 bits per heavy atom. The lowest BCUT2D eigenvalue weighted by Gasteiger charge is -2.08. The average molecular weight is 403 g/mol. The second kappa shape index (κ2) is 8.20. The van der Waals surface area contributed by atoms with Crippen LogP contribution in [0.3, 0.4) is 0 Å². The van der Waals surface area contributed by atoms with Crippen molar-refractivity contribution in [3.05, 3.63) is 63.4 Å². The lowest BCUT2D eigenvalue weighted by Crippen LogP contribution is -2.21. The zero-order valence-electron chi connectivity index (χ0n) is 14.2. The van der Waals surface area contributed by atoms with Crippen molar-refractivity contribution < 1.29 is 19.4 Å². The fraction of sp³-hybridized carbons (Fsp3) is 0.105. The van der Waals surface area contributed by atoms with Gasteiger partial charge in [-0.25, -0.2) is 9.78 Å². The molecule has 0 bridgehead atoms. The maximum absolute atomic E-state index is 12.1. The maximum atomic E-state index is 12.1. The van der Waals surface area contributed by atoms with E-state index in [0.29, 0.717) is 5.69 Å². The van der Waals surface area contributed by atoms with Gasteiger partial charge in [0.1, 0.15) is 11.3 Å². The van der Waals surface area contributed by atoms with Crippen LogP contribution < -0.4 is 5.32 Å². The molecule has 3 aromatic rings. The molecule has 1 heterocycles. The topological polar surface area (TPSA) is 88.5 Å². The highest BCUT2D eigenvalue weighted by molar-refractivity contribution is 7.09. The fourth-order valence-electron chi connectivity index (χ4n) is 2.33. The van der Waals surface area contributed by atoms with Crippen molar-refractivity contribution in [3.63, 3.8) is 0 Å². The summed E-state index contributed by atoms with van der Waals surface area (Å²) in [5.74, 6) is -1.61. The third-order valence-electron chi connectivity index (χ3n) is 3.57. The Balaban J connectivity index is 1.61. The van der Waals surface area contributed by atoms with Crippen LogP contribution in [0.4, 0.5) is 5.69 Å². The van der Waals surface area contributed by atoms with Crippen molar-refractivity contribution >= 4 is 40.5 Å². The van der Waals surface area contributed by atoms with Crippen molar-refractivity contribution in [3.8, 4) is 17.0 Å². The van der Waals surface area contributed by atoms with Crippen molar-refractivity contribution in [1.29, 1.82) is 0 Å². The highest BCUT2D eigenvalue weighted by Crippen LogP contribution is 2.24. The smallest absolute Gasteiger partial charge is 0.342 e. The van der Waals surface area contributed by atoms with E-state index in [9.17, 15) is 14.7 Å². The second-order valence-corrected chi connectivity index (χ2v) is 7.12. The molecule has 1 amide bonds.